The van der Waals surface area contributed by atoms with Crippen LogP contribution in [-0.4, -0.2) is 10.5 Å². The molecule has 2 heterocycles. The van der Waals surface area contributed by atoms with Crippen LogP contribution in [0, 0.1) is 18.6 Å². The molecular formula is C22H24F2N2OS. The van der Waals surface area contributed by atoms with Gasteiger partial charge in [-0.05, 0) is 48.9 Å². The first kappa shape index (κ1) is 20.3. The number of amides is 1. The summed E-state index contributed by atoms with van der Waals surface area (Å²) in [7, 11) is 0. The predicted octanol–water partition coefficient (Wildman–Crippen LogP) is 5.68. The number of aromatic nitrogens is 1. The summed E-state index contributed by atoms with van der Waals surface area (Å²) < 4.78 is 29.1. The highest BCUT2D eigenvalue weighted by Gasteiger charge is 2.25. The summed E-state index contributed by atoms with van der Waals surface area (Å²) >= 11 is 1.56. The van der Waals surface area contributed by atoms with Gasteiger partial charge in [-0.2, -0.15) is 0 Å². The molecule has 0 atom stereocenters. The van der Waals surface area contributed by atoms with Gasteiger partial charge in [-0.15, -0.1) is 11.3 Å². The molecule has 0 radical (unpaired) electrons. The number of rotatable bonds is 8. The lowest BCUT2D eigenvalue weighted by Crippen LogP contribution is -2.13. The minimum Gasteiger partial charge on any atom is -0.366 e. The van der Waals surface area contributed by atoms with Crippen LogP contribution in [-0.2, 0) is 13.0 Å². The maximum Gasteiger partial charge on any atom is 0.251 e. The van der Waals surface area contributed by atoms with Crippen molar-refractivity contribution < 1.29 is 13.6 Å². The van der Waals surface area contributed by atoms with Crippen LogP contribution in [0.15, 0.2) is 35.7 Å². The highest BCUT2D eigenvalue weighted by Crippen LogP contribution is 2.37. The van der Waals surface area contributed by atoms with Crippen molar-refractivity contribution in [3.8, 4) is 10.4 Å². The van der Waals surface area contributed by atoms with Crippen LogP contribution in [0.4, 0.5) is 8.78 Å². The Morgan fingerprint density at radius 2 is 1.96 bits per heavy atom. The van der Waals surface area contributed by atoms with E-state index in [0.29, 0.717) is 17.7 Å². The van der Waals surface area contributed by atoms with E-state index in [1.54, 1.807) is 17.4 Å². The van der Waals surface area contributed by atoms with Crippen LogP contribution in [0.1, 0.15) is 53.5 Å². The van der Waals surface area contributed by atoms with Crippen molar-refractivity contribution >= 4 is 17.2 Å². The number of nitrogens with two attached hydrogens (primary N) is 1. The Balaban J connectivity index is 2.14. The molecule has 28 heavy (non-hydrogen) atoms. The van der Waals surface area contributed by atoms with Gasteiger partial charge < -0.3 is 10.3 Å². The molecule has 0 aliphatic rings. The van der Waals surface area contributed by atoms with Crippen molar-refractivity contribution in [2.45, 2.75) is 46.1 Å². The molecule has 6 heteroatoms. The van der Waals surface area contributed by atoms with Gasteiger partial charge >= 0.3 is 0 Å². The van der Waals surface area contributed by atoms with Crippen LogP contribution < -0.4 is 5.73 Å². The second-order valence-corrected chi connectivity index (χ2v) is 7.86. The van der Waals surface area contributed by atoms with Crippen molar-refractivity contribution in [1.29, 1.82) is 0 Å². The van der Waals surface area contributed by atoms with Crippen molar-refractivity contribution in [3.63, 3.8) is 0 Å². The molecule has 0 saturated carbocycles. The summed E-state index contributed by atoms with van der Waals surface area (Å²) in [4.78, 5) is 13.3. The molecule has 2 aromatic heterocycles. The van der Waals surface area contributed by atoms with Gasteiger partial charge in [0.25, 0.3) is 5.91 Å². The standard InChI is InChI=1S/C22H24F2N2OS/c1-3-4-5-7-18-21(19-8-6-11-28-19)20(22(25)27)14(2)26(18)13-15-9-10-16(23)17(24)12-15/h6,8-12H,3-5,7,13H2,1-2H3,(H2,25,27). The lowest BCUT2D eigenvalue weighted by Gasteiger charge is -2.13. The second-order valence-electron chi connectivity index (χ2n) is 6.92. The molecule has 3 aromatic rings. The van der Waals surface area contributed by atoms with Gasteiger partial charge in [0.1, 0.15) is 0 Å². The molecule has 0 saturated heterocycles. The molecule has 0 bridgehead atoms. The molecule has 0 aliphatic heterocycles. The summed E-state index contributed by atoms with van der Waals surface area (Å²) in [6.07, 6.45) is 3.93. The lowest BCUT2D eigenvalue weighted by atomic mass is 10.0. The zero-order valence-electron chi connectivity index (χ0n) is 16.1. The predicted molar refractivity (Wildman–Crippen MR) is 110 cm³/mol. The van der Waals surface area contributed by atoms with E-state index in [2.05, 4.69) is 6.92 Å². The molecule has 0 unspecified atom stereocenters. The number of primary amides is 1. The molecule has 3 nitrogen and oxygen atoms in total. The quantitative estimate of drug-likeness (QED) is 0.484. The highest BCUT2D eigenvalue weighted by atomic mass is 32.1. The molecule has 3 rings (SSSR count). The maximum absolute atomic E-state index is 13.7. The third-order valence-corrected chi connectivity index (χ3v) is 5.87. The van der Waals surface area contributed by atoms with Crippen LogP contribution >= 0.6 is 11.3 Å². The normalized spacial score (nSPS) is 11.1. The molecular weight excluding hydrogens is 378 g/mol. The van der Waals surface area contributed by atoms with Gasteiger partial charge in [0.15, 0.2) is 11.6 Å². The Labute approximate surface area is 167 Å². The van der Waals surface area contributed by atoms with Gasteiger partial charge in [-0.25, -0.2) is 8.78 Å². The number of halogens is 2. The molecule has 148 valence electrons. The van der Waals surface area contributed by atoms with E-state index in [-0.39, 0.29) is 0 Å². The van der Waals surface area contributed by atoms with E-state index >= 15 is 0 Å². The highest BCUT2D eigenvalue weighted by molar-refractivity contribution is 7.13. The molecule has 0 aliphatic carbocycles. The fourth-order valence-corrected chi connectivity index (χ4v) is 4.42. The minimum atomic E-state index is -0.872. The number of carbonyl (C=O) groups excluding carboxylic acids is 1. The lowest BCUT2D eigenvalue weighted by molar-refractivity contribution is 0.1000. The summed E-state index contributed by atoms with van der Waals surface area (Å²) in [5.74, 6) is -2.21. The Bertz CT molecular complexity index is 977. The van der Waals surface area contributed by atoms with Crippen LogP contribution in [0.2, 0.25) is 0 Å². The van der Waals surface area contributed by atoms with Gasteiger partial charge in [-0.1, -0.05) is 31.9 Å². The smallest absolute Gasteiger partial charge is 0.251 e. The summed E-state index contributed by atoms with van der Waals surface area (Å²) in [5, 5.41) is 1.97. The van der Waals surface area contributed by atoms with Gasteiger partial charge in [0.05, 0.1) is 5.56 Å². The minimum absolute atomic E-state index is 0.357. The van der Waals surface area contributed by atoms with Gasteiger partial charge in [0.2, 0.25) is 0 Å². The average molecular weight is 403 g/mol. The van der Waals surface area contributed by atoms with Crippen molar-refractivity contribution in [3.05, 3.63) is 69.9 Å². The van der Waals surface area contributed by atoms with Crippen molar-refractivity contribution in [1.82, 2.24) is 4.57 Å². The van der Waals surface area contributed by atoms with Gasteiger partial charge in [-0.3, -0.25) is 4.79 Å². The number of hydrogen-bond donors (Lipinski definition) is 1. The number of hydrogen-bond acceptors (Lipinski definition) is 2. The Morgan fingerprint density at radius 1 is 1.18 bits per heavy atom. The van der Waals surface area contributed by atoms with E-state index < -0.39 is 17.5 Å². The first-order valence-electron chi connectivity index (χ1n) is 9.43. The van der Waals surface area contributed by atoms with E-state index in [9.17, 15) is 13.6 Å². The van der Waals surface area contributed by atoms with Crippen LogP contribution in [0.5, 0.6) is 0 Å². The molecule has 2 N–H and O–H groups in total. The number of thiophene rings is 1. The van der Waals surface area contributed by atoms with Crippen molar-refractivity contribution in [2.75, 3.05) is 0 Å². The number of benzene rings is 1. The monoisotopic (exact) mass is 402 g/mol. The fourth-order valence-electron chi connectivity index (χ4n) is 3.62. The first-order valence-corrected chi connectivity index (χ1v) is 10.3. The zero-order chi connectivity index (χ0) is 20.3. The third-order valence-electron chi connectivity index (χ3n) is 4.99. The third kappa shape index (κ3) is 4.02. The number of nitrogens with zero attached hydrogens (tertiary/aromatic N) is 1. The second kappa shape index (κ2) is 8.69. The largest absolute Gasteiger partial charge is 0.366 e. The van der Waals surface area contributed by atoms with Gasteiger partial charge in [0, 0.05) is 28.4 Å². The Hall–Kier alpha value is -2.47. The van der Waals surface area contributed by atoms with E-state index in [1.807, 2.05) is 29.0 Å². The zero-order valence-corrected chi connectivity index (χ0v) is 16.9. The SMILES string of the molecule is CCCCCc1c(-c2cccs2)c(C(N)=O)c(C)n1Cc1ccc(F)c(F)c1. The van der Waals surface area contributed by atoms with E-state index in [4.69, 9.17) is 5.73 Å². The van der Waals surface area contributed by atoms with E-state index in [0.717, 1.165) is 53.6 Å². The maximum atomic E-state index is 13.7. The number of unbranched alkanes of at least 4 members (excludes halogenated alkanes) is 2. The number of carbonyl (C=O) groups is 1. The van der Waals surface area contributed by atoms with Crippen molar-refractivity contribution in [2.24, 2.45) is 5.73 Å². The van der Waals surface area contributed by atoms with Crippen LogP contribution in [0.25, 0.3) is 10.4 Å². The van der Waals surface area contributed by atoms with Crippen LogP contribution in [0.3, 0.4) is 0 Å². The molecule has 1 amide bonds. The molecule has 0 fully saturated rings. The summed E-state index contributed by atoms with van der Waals surface area (Å²) in [6.45, 7) is 4.36. The van der Waals surface area contributed by atoms with E-state index in [1.165, 1.54) is 6.07 Å². The summed E-state index contributed by atoms with van der Waals surface area (Å²) in [6, 6.07) is 7.84. The molecule has 0 spiro atoms. The molecule has 1 aromatic carbocycles. The Morgan fingerprint density at radius 3 is 2.57 bits per heavy atom. The average Bonchev–Trinajstić information content (AvgIpc) is 3.26. The Kier molecular flexibility index (Phi) is 6.29. The topological polar surface area (TPSA) is 48.0 Å². The summed E-state index contributed by atoms with van der Waals surface area (Å²) in [5.41, 5.74) is 9.54. The first-order chi connectivity index (χ1) is 13.4. The fraction of sp³-hybridized carbons (Fsp3) is 0.318.